The second-order valence-electron chi connectivity index (χ2n) is 9.04. The summed E-state index contributed by atoms with van der Waals surface area (Å²) in [7, 11) is -3.69. The Morgan fingerprint density at radius 3 is 2.18 bits per heavy atom. The van der Waals surface area contributed by atoms with Crippen molar-refractivity contribution in [2.45, 2.75) is 71.4 Å². The number of likely N-dealkylation sites (tertiary alicyclic amines) is 1. The van der Waals surface area contributed by atoms with Gasteiger partial charge in [-0.2, -0.15) is 0 Å². The van der Waals surface area contributed by atoms with Crippen molar-refractivity contribution in [1.29, 1.82) is 0 Å². The zero-order valence-corrected chi connectivity index (χ0v) is 21.2. The Morgan fingerprint density at radius 2 is 1.61 bits per heavy atom. The van der Waals surface area contributed by atoms with Crippen molar-refractivity contribution in [2.24, 2.45) is 0 Å². The van der Waals surface area contributed by atoms with E-state index in [0.29, 0.717) is 4.90 Å². The van der Waals surface area contributed by atoms with Crippen LogP contribution in [0.15, 0.2) is 29.3 Å². The predicted molar refractivity (Wildman–Crippen MR) is 131 cm³/mol. The van der Waals surface area contributed by atoms with Gasteiger partial charge in [-0.05, 0) is 87.4 Å². The van der Waals surface area contributed by atoms with Crippen molar-refractivity contribution in [3.8, 4) is 0 Å². The summed E-state index contributed by atoms with van der Waals surface area (Å²) in [6.45, 7) is 12.3. The fraction of sp³-hybridized carbons (Fsp3) is 0.520. The number of piperidine rings is 1. The number of nitrogens with zero attached hydrogens (tertiary/aromatic N) is 2. The SMILES string of the molecule is Cc1c(C)c(C)c(S(=O)(=O)NCCC(=O)NC2CCN(Cc3ccccn3)CC2)c(C)c1C. The molecule has 1 aromatic carbocycles. The summed E-state index contributed by atoms with van der Waals surface area (Å²) in [5.41, 5.74) is 5.69. The lowest BCUT2D eigenvalue weighted by Gasteiger charge is -2.32. The molecule has 2 N–H and O–H groups in total. The molecule has 1 fully saturated rings. The van der Waals surface area contributed by atoms with Gasteiger partial charge in [0.2, 0.25) is 15.9 Å². The summed E-state index contributed by atoms with van der Waals surface area (Å²) in [6.07, 6.45) is 3.69. The van der Waals surface area contributed by atoms with Crippen molar-refractivity contribution >= 4 is 15.9 Å². The maximum atomic E-state index is 13.0. The van der Waals surface area contributed by atoms with Gasteiger partial charge < -0.3 is 5.32 Å². The van der Waals surface area contributed by atoms with E-state index in [4.69, 9.17) is 0 Å². The van der Waals surface area contributed by atoms with E-state index in [1.165, 1.54) is 0 Å². The van der Waals surface area contributed by atoms with Gasteiger partial charge in [0.25, 0.3) is 0 Å². The van der Waals surface area contributed by atoms with Crippen LogP contribution in [0.1, 0.15) is 52.8 Å². The number of hydrogen-bond acceptors (Lipinski definition) is 5. The highest BCUT2D eigenvalue weighted by molar-refractivity contribution is 7.89. The van der Waals surface area contributed by atoms with Gasteiger partial charge in [0.1, 0.15) is 0 Å². The van der Waals surface area contributed by atoms with Crippen LogP contribution >= 0.6 is 0 Å². The number of rotatable bonds is 8. The Labute approximate surface area is 198 Å². The van der Waals surface area contributed by atoms with E-state index < -0.39 is 10.0 Å². The monoisotopic (exact) mass is 472 g/mol. The number of amides is 1. The van der Waals surface area contributed by atoms with Crippen molar-refractivity contribution < 1.29 is 13.2 Å². The summed E-state index contributed by atoms with van der Waals surface area (Å²) in [5.74, 6) is -0.120. The molecule has 0 atom stereocenters. The summed E-state index contributed by atoms with van der Waals surface area (Å²) in [6, 6.07) is 6.06. The fourth-order valence-electron chi connectivity index (χ4n) is 4.50. The molecule has 0 aliphatic carbocycles. The van der Waals surface area contributed by atoms with Gasteiger partial charge in [0, 0.05) is 44.8 Å². The van der Waals surface area contributed by atoms with Crippen LogP contribution in [0.4, 0.5) is 0 Å². The molecule has 0 bridgehead atoms. The van der Waals surface area contributed by atoms with Crippen molar-refractivity contribution in [1.82, 2.24) is 19.9 Å². The van der Waals surface area contributed by atoms with Gasteiger partial charge in [0.15, 0.2) is 0 Å². The van der Waals surface area contributed by atoms with Gasteiger partial charge in [-0.3, -0.25) is 14.7 Å². The standard InChI is InChI=1S/C25H36N4O3S/c1-17-18(2)20(4)25(21(5)19(17)3)33(31,32)27-13-9-24(30)28-22-10-14-29(15-11-22)16-23-8-6-7-12-26-23/h6-8,12,22,27H,9-11,13-16H2,1-5H3,(H,28,30). The first kappa shape index (κ1) is 25.3. The Bertz CT molecular complexity index is 1060. The molecule has 1 aliphatic heterocycles. The number of nitrogens with one attached hydrogen (secondary N) is 2. The van der Waals surface area contributed by atoms with E-state index in [9.17, 15) is 13.2 Å². The number of sulfonamides is 1. The first-order valence-corrected chi connectivity index (χ1v) is 13.1. The topological polar surface area (TPSA) is 91.4 Å². The molecule has 0 spiro atoms. The van der Waals surface area contributed by atoms with Crippen LogP contribution < -0.4 is 10.0 Å². The molecular formula is C25H36N4O3S. The number of carbonyl (C=O) groups excluding carboxylic acids is 1. The third-order valence-corrected chi connectivity index (χ3v) is 8.64. The molecule has 0 saturated carbocycles. The Morgan fingerprint density at radius 1 is 1.00 bits per heavy atom. The van der Waals surface area contributed by atoms with Crippen molar-refractivity contribution in [2.75, 3.05) is 19.6 Å². The zero-order valence-electron chi connectivity index (χ0n) is 20.4. The summed E-state index contributed by atoms with van der Waals surface area (Å²) in [5, 5.41) is 3.06. The number of benzene rings is 1. The van der Waals surface area contributed by atoms with Crippen LogP contribution in [0.3, 0.4) is 0 Å². The van der Waals surface area contributed by atoms with Gasteiger partial charge in [-0.15, -0.1) is 0 Å². The van der Waals surface area contributed by atoms with Gasteiger partial charge in [-0.1, -0.05) is 6.07 Å². The number of hydrogen-bond donors (Lipinski definition) is 2. The van der Waals surface area contributed by atoms with Gasteiger partial charge in [-0.25, -0.2) is 13.1 Å². The minimum atomic E-state index is -3.69. The second kappa shape index (κ2) is 10.8. The molecule has 2 aromatic rings. The van der Waals surface area contributed by atoms with Gasteiger partial charge in [0.05, 0.1) is 10.6 Å². The molecule has 1 saturated heterocycles. The molecule has 33 heavy (non-hydrogen) atoms. The zero-order chi connectivity index (χ0) is 24.2. The fourth-order valence-corrected chi connectivity index (χ4v) is 6.12. The molecule has 1 aromatic heterocycles. The summed E-state index contributed by atoms with van der Waals surface area (Å²) in [4.78, 5) is 19.5. The Balaban J connectivity index is 1.47. The molecule has 0 unspecified atom stereocenters. The van der Waals surface area contributed by atoms with Crippen LogP contribution in [0.5, 0.6) is 0 Å². The maximum absolute atomic E-state index is 13.0. The van der Waals surface area contributed by atoms with Gasteiger partial charge >= 0.3 is 0 Å². The lowest BCUT2D eigenvalue weighted by atomic mass is 9.95. The molecule has 3 rings (SSSR count). The lowest BCUT2D eigenvalue weighted by molar-refractivity contribution is -0.121. The van der Waals surface area contributed by atoms with Crippen molar-refractivity contribution in [3.05, 3.63) is 57.9 Å². The van der Waals surface area contributed by atoms with Crippen LogP contribution in [-0.2, 0) is 21.4 Å². The summed E-state index contributed by atoms with van der Waals surface area (Å²) >= 11 is 0. The molecule has 1 aliphatic rings. The quantitative estimate of drug-likeness (QED) is 0.616. The molecule has 2 heterocycles. The highest BCUT2D eigenvalue weighted by Crippen LogP contribution is 2.29. The molecule has 180 valence electrons. The number of carbonyl (C=O) groups is 1. The third kappa shape index (κ3) is 6.19. The lowest BCUT2D eigenvalue weighted by Crippen LogP contribution is -2.45. The summed E-state index contributed by atoms with van der Waals surface area (Å²) < 4.78 is 28.6. The van der Waals surface area contributed by atoms with E-state index in [-0.39, 0.29) is 24.9 Å². The normalized spacial score (nSPS) is 15.5. The largest absolute Gasteiger partial charge is 0.353 e. The smallest absolute Gasteiger partial charge is 0.241 e. The molecule has 7 nitrogen and oxygen atoms in total. The minimum absolute atomic E-state index is 0.0809. The van der Waals surface area contributed by atoms with E-state index >= 15 is 0 Å². The Kier molecular flexibility index (Phi) is 8.26. The molecule has 1 amide bonds. The van der Waals surface area contributed by atoms with Crippen LogP contribution in [-0.4, -0.2) is 49.9 Å². The van der Waals surface area contributed by atoms with Crippen LogP contribution in [0.2, 0.25) is 0 Å². The van der Waals surface area contributed by atoms with Crippen LogP contribution in [0.25, 0.3) is 0 Å². The van der Waals surface area contributed by atoms with Crippen molar-refractivity contribution in [3.63, 3.8) is 0 Å². The Hall–Kier alpha value is -2.29. The highest BCUT2D eigenvalue weighted by atomic mass is 32.2. The third-order valence-electron chi connectivity index (χ3n) is 6.91. The van der Waals surface area contributed by atoms with E-state index in [1.54, 1.807) is 6.20 Å². The number of aromatic nitrogens is 1. The first-order valence-electron chi connectivity index (χ1n) is 11.6. The minimum Gasteiger partial charge on any atom is -0.353 e. The van der Waals surface area contributed by atoms with Crippen LogP contribution in [0, 0.1) is 34.6 Å². The van der Waals surface area contributed by atoms with E-state index in [1.807, 2.05) is 52.8 Å². The molecule has 8 heteroatoms. The van der Waals surface area contributed by atoms with E-state index in [0.717, 1.165) is 66.0 Å². The van der Waals surface area contributed by atoms with E-state index in [2.05, 4.69) is 19.9 Å². The number of pyridine rings is 1. The molecule has 0 radical (unpaired) electrons. The average Bonchev–Trinajstić information content (AvgIpc) is 2.78. The average molecular weight is 473 g/mol. The first-order chi connectivity index (χ1) is 15.6. The highest BCUT2D eigenvalue weighted by Gasteiger charge is 2.24. The maximum Gasteiger partial charge on any atom is 0.241 e. The second-order valence-corrected chi connectivity index (χ2v) is 10.7. The molecular weight excluding hydrogens is 436 g/mol. The predicted octanol–water partition coefficient (Wildman–Crippen LogP) is 3.07.